The van der Waals surface area contributed by atoms with E-state index in [4.69, 9.17) is 5.73 Å². The summed E-state index contributed by atoms with van der Waals surface area (Å²) in [7, 11) is 1.48. The predicted molar refractivity (Wildman–Crippen MR) is 81.6 cm³/mol. The van der Waals surface area contributed by atoms with Crippen molar-refractivity contribution in [3.05, 3.63) is 52.0 Å². The van der Waals surface area contributed by atoms with Crippen molar-refractivity contribution in [2.45, 2.75) is 0 Å². The first-order valence-electron chi connectivity index (χ1n) is 5.95. The minimum Gasteiger partial charge on any atom is -0.399 e. The molecule has 110 valence electrons. The Morgan fingerprint density at radius 1 is 1.14 bits per heavy atom. The Hall–Kier alpha value is -2.15. The van der Waals surface area contributed by atoms with Gasteiger partial charge in [0, 0.05) is 18.8 Å². The number of hydrogen-bond donors (Lipinski definition) is 3. The van der Waals surface area contributed by atoms with Gasteiger partial charge in [-0.1, -0.05) is 0 Å². The first-order valence-corrected chi connectivity index (χ1v) is 6.75. The molecule has 2 aromatic carbocycles. The number of carbonyl (C=O) groups is 1. The molecule has 0 saturated carbocycles. The Labute approximate surface area is 128 Å². The third-order valence-electron chi connectivity index (χ3n) is 2.79. The lowest BCUT2D eigenvalue weighted by Crippen LogP contribution is -2.19. The molecule has 0 atom stereocenters. The topological polar surface area (TPSA) is 67.2 Å². The third-order valence-corrected chi connectivity index (χ3v) is 3.40. The van der Waals surface area contributed by atoms with E-state index in [1.54, 1.807) is 6.07 Å². The molecule has 4 nitrogen and oxygen atoms in total. The van der Waals surface area contributed by atoms with E-state index >= 15 is 0 Å². The molecule has 21 heavy (non-hydrogen) atoms. The van der Waals surface area contributed by atoms with Crippen molar-refractivity contribution in [2.24, 2.45) is 0 Å². The van der Waals surface area contributed by atoms with E-state index in [1.165, 1.54) is 25.2 Å². The number of halogens is 3. The van der Waals surface area contributed by atoms with E-state index in [0.29, 0.717) is 16.9 Å². The Morgan fingerprint density at radius 2 is 1.86 bits per heavy atom. The SMILES string of the molecule is CNC(=O)c1ccc(N)cc1Nc1cc(Br)c(F)cc1F. The maximum absolute atomic E-state index is 13.8. The Bertz CT molecular complexity index is 707. The lowest BCUT2D eigenvalue weighted by molar-refractivity contribution is 0.0964. The summed E-state index contributed by atoms with van der Waals surface area (Å²) in [5.41, 5.74) is 6.74. The van der Waals surface area contributed by atoms with Crippen LogP contribution in [-0.4, -0.2) is 13.0 Å². The van der Waals surface area contributed by atoms with E-state index in [2.05, 4.69) is 26.6 Å². The fourth-order valence-electron chi connectivity index (χ4n) is 1.76. The van der Waals surface area contributed by atoms with Crippen LogP contribution >= 0.6 is 15.9 Å². The van der Waals surface area contributed by atoms with Crippen molar-refractivity contribution in [2.75, 3.05) is 18.1 Å². The van der Waals surface area contributed by atoms with Crippen LogP contribution in [0.25, 0.3) is 0 Å². The van der Waals surface area contributed by atoms with Gasteiger partial charge >= 0.3 is 0 Å². The largest absolute Gasteiger partial charge is 0.399 e. The second kappa shape index (κ2) is 6.09. The second-order valence-electron chi connectivity index (χ2n) is 4.26. The van der Waals surface area contributed by atoms with Crippen LogP contribution in [0.3, 0.4) is 0 Å². The number of amides is 1. The highest BCUT2D eigenvalue weighted by atomic mass is 79.9. The molecule has 0 aliphatic rings. The van der Waals surface area contributed by atoms with Gasteiger partial charge in [-0.05, 0) is 40.2 Å². The number of nitrogen functional groups attached to an aromatic ring is 1. The van der Waals surface area contributed by atoms with Crippen molar-refractivity contribution in [3.63, 3.8) is 0 Å². The zero-order valence-corrected chi connectivity index (χ0v) is 12.6. The highest BCUT2D eigenvalue weighted by Crippen LogP contribution is 2.29. The van der Waals surface area contributed by atoms with E-state index in [0.717, 1.165) is 6.07 Å². The molecule has 0 fully saturated rings. The van der Waals surface area contributed by atoms with E-state index < -0.39 is 11.6 Å². The fraction of sp³-hybridized carbons (Fsp3) is 0.0714. The molecule has 2 rings (SSSR count). The number of nitrogens with two attached hydrogens (primary N) is 1. The van der Waals surface area contributed by atoms with Crippen molar-refractivity contribution in [1.29, 1.82) is 0 Å². The zero-order valence-electron chi connectivity index (χ0n) is 11.0. The highest BCUT2D eigenvalue weighted by molar-refractivity contribution is 9.10. The maximum atomic E-state index is 13.8. The highest BCUT2D eigenvalue weighted by Gasteiger charge is 2.14. The average molecular weight is 356 g/mol. The number of hydrogen-bond acceptors (Lipinski definition) is 3. The third kappa shape index (κ3) is 3.30. The summed E-state index contributed by atoms with van der Waals surface area (Å²) in [6, 6.07) is 6.58. The average Bonchev–Trinajstić information content (AvgIpc) is 2.44. The molecule has 0 spiro atoms. The summed E-state index contributed by atoms with van der Waals surface area (Å²) >= 11 is 2.98. The monoisotopic (exact) mass is 355 g/mol. The molecule has 0 radical (unpaired) electrons. The normalized spacial score (nSPS) is 10.3. The molecule has 4 N–H and O–H groups in total. The molecule has 2 aromatic rings. The molecular formula is C14H12BrF2N3O. The summed E-state index contributed by atoms with van der Waals surface area (Å²) in [6.45, 7) is 0. The number of benzene rings is 2. The Balaban J connectivity index is 2.46. The standard InChI is InChI=1S/C14H12BrF2N3O/c1-19-14(21)8-3-2-7(18)4-12(8)20-13-5-9(15)10(16)6-11(13)17/h2-6,20H,18H2,1H3,(H,19,21). The summed E-state index contributed by atoms with van der Waals surface area (Å²) in [4.78, 5) is 11.8. The van der Waals surface area contributed by atoms with E-state index in [1.807, 2.05) is 0 Å². The minimum atomic E-state index is -0.777. The summed E-state index contributed by atoms with van der Waals surface area (Å²) in [6.07, 6.45) is 0. The molecule has 0 heterocycles. The molecule has 0 unspecified atom stereocenters. The van der Waals surface area contributed by atoms with Gasteiger partial charge in [0.15, 0.2) is 0 Å². The quantitative estimate of drug-likeness (QED) is 0.583. The smallest absolute Gasteiger partial charge is 0.253 e. The lowest BCUT2D eigenvalue weighted by atomic mass is 10.1. The van der Waals surface area contributed by atoms with Gasteiger partial charge in [-0.15, -0.1) is 0 Å². The van der Waals surface area contributed by atoms with Crippen LogP contribution < -0.4 is 16.4 Å². The van der Waals surface area contributed by atoms with E-state index in [9.17, 15) is 13.6 Å². The van der Waals surface area contributed by atoms with Crippen molar-refractivity contribution >= 4 is 38.9 Å². The van der Waals surface area contributed by atoms with Crippen LogP contribution in [0, 0.1) is 11.6 Å². The second-order valence-corrected chi connectivity index (χ2v) is 5.11. The van der Waals surface area contributed by atoms with Crippen LogP contribution in [-0.2, 0) is 0 Å². The van der Waals surface area contributed by atoms with Gasteiger partial charge in [-0.25, -0.2) is 8.78 Å². The van der Waals surface area contributed by atoms with Crippen LogP contribution in [0.15, 0.2) is 34.8 Å². The van der Waals surface area contributed by atoms with Gasteiger partial charge in [0.05, 0.1) is 21.4 Å². The fourth-order valence-corrected chi connectivity index (χ4v) is 2.10. The van der Waals surface area contributed by atoms with Gasteiger partial charge in [0.25, 0.3) is 5.91 Å². The minimum absolute atomic E-state index is 0.0269. The van der Waals surface area contributed by atoms with Crippen molar-refractivity contribution in [1.82, 2.24) is 5.32 Å². The maximum Gasteiger partial charge on any atom is 0.253 e. The first kappa shape index (κ1) is 15.2. The van der Waals surface area contributed by atoms with Crippen LogP contribution in [0.1, 0.15) is 10.4 Å². The summed E-state index contributed by atoms with van der Waals surface area (Å²) < 4.78 is 27.1. The lowest BCUT2D eigenvalue weighted by Gasteiger charge is -2.13. The molecule has 1 amide bonds. The molecule has 0 aliphatic heterocycles. The zero-order chi connectivity index (χ0) is 15.6. The molecule has 0 aromatic heterocycles. The summed E-state index contributed by atoms with van der Waals surface area (Å²) in [5.74, 6) is -1.84. The number of nitrogens with one attached hydrogen (secondary N) is 2. The van der Waals surface area contributed by atoms with Crippen molar-refractivity contribution in [3.8, 4) is 0 Å². The van der Waals surface area contributed by atoms with Gasteiger partial charge in [0.2, 0.25) is 0 Å². The number of carbonyl (C=O) groups excluding carboxylic acids is 1. The van der Waals surface area contributed by atoms with Crippen LogP contribution in [0.5, 0.6) is 0 Å². The number of anilines is 3. The van der Waals surface area contributed by atoms with Gasteiger partial charge in [-0.3, -0.25) is 4.79 Å². The predicted octanol–water partition coefficient (Wildman–Crippen LogP) is 3.41. The van der Waals surface area contributed by atoms with Crippen LogP contribution in [0.4, 0.5) is 25.8 Å². The number of rotatable bonds is 3. The van der Waals surface area contributed by atoms with E-state index in [-0.39, 0.29) is 16.1 Å². The Morgan fingerprint density at radius 3 is 2.52 bits per heavy atom. The summed E-state index contributed by atoms with van der Waals surface area (Å²) in [5, 5.41) is 5.23. The first-order chi connectivity index (χ1) is 9.92. The van der Waals surface area contributed by atoms with Crippen molar-refractivity contribution < 1.29 is 13.6 Å². The molecule has 0 aliphatic carbocycles. The van der Waals surface area contributed by atoms with Gasteiger partial charge in [-0.2, -0.15) is 0 Å². The molecular weight excluding hydrogens is 344 g/mol. The van der Waals surface area contributed by atoms with Crippen LogP contribution in [0.2, 0.25) is 0 Å². The molecule has 0 saturated heterocycles. The Kier molecular flexibility index (Phi) is 4.42. The van der Waals surface area contributed by atoms with Gasteiger partial charge in [0.1, 0.15) is 11.6 Å². The molecule has 0 bridgehead atoms. The molecule has 7 heteroatoms. The van der Waals surface area contributed by atoms with Gasteiger partial charge < -0.3 is 16.4 Å².